The van der Waals surface area contributed by atoms with Crippen molar-refractivity contribution in [1.29, 1.82) is 0 Å². The van der Waals surface area contributed by atoms with E-state index >= 15 is 0 Å². The van der Waals surface area contributed by atoms with E-state index in [2.05, 4.69) is 15.6 Å². The predicted molar refractivity (Wildman–Crippen MR) is 103 cm³/mol. The lowest BCUT2D eigenvalue weighted by molar-refractivity contribution is -0.116. The molecule has 0 aliphatic rings. The van der Waals surface area contributed by atoms with Crippen molar-refractivity contribution in [2.45, 2.75) is 19.8 Å². The number of amides is 2. The van der Waals surface area contributed by atoms with Crippen molar-refractivity contribution in [3.8, 4) is 10.6 Å². The Hall–Kier alpha value is -2.51. The highest BCUT2D eigenvalue weighted by atomic mass is 32.1. The average Bonchev–Trinajstić information content (AvgIpc) is 3.27. The quantitative estimate of drug-likeness (QED) is 0.650. The van der Waals surface area contributed by atoms with E-state index in [1.54, 1.807) is 41.0 Å². The van der Waals surface area contributed by atoms with Crippen LogP contribution in [0.1, 0.15) is 30.3 Å². The highest BCUT2D eigenvalue weighted by Gasteiger charge is 2.13. The highest BCUT2D eigenvalue weighted by molar-refractivity contribution is 7.14. The van der Waals surface area contributed by atoms with Gasteiger partial charge in [-0.05, 0) is 36.1 Å². The van der Waals surface area contributed by atoms with Gasteiger partial charge < -0.3 is 10.6 Å². The summed E-state index contributed by atoms with van der Waals surface area (Å²) < 4.78 is 0. The summed E-state index contributed by atoms with van der Waals surface area (Å²) in [6.45, 7) is 1.95. The molecule has 0 aliphatic carbocycles. The molecule has 7 heteroatoms. The standard InChI is InChI=1S/C18H17N3O2S2/c1-2-4-16(22)19-13-5-3-6-14(9-13)20-17(23)15-11-25-18(21-15)12-7-8-24-10-12/h3,5-11H,2,4H2,1H3,(H,19,22)(H,20,23). The molecule has 128 valence electrons. The summed E-state index contributed by atoms with van der Waals surface area (Å²) in [6, 6.07) is 9.07. The first-order chi connectivity index (χ1) is 12.2. The molecule has 1 aromatic carbocycles. The minimum absolute atomic E-state index is 0.0362. The molecule has 0 atom stereocenters. The number of hydrogen-bond donors (Lipinski definition) is 2. The summed E-state index contributed by atoms with van der Waals surface area (Å²) in [5.74, 6) is -0.305. The lowest BCUT2D eigenvalue weighted by Crippen LogP contribution is -2.13. The maximum absolute atomic E-state index is 12.4. The number of carbonyl (C=O) groups is 2. The molecule has 0 saturated carbocycles. The van der Waals surface area contributed by atoms with Crippen LogP contribution in [0.2, 0.25) is 0 Å². The second-order valence-electron chi connectivity index (χ2n) is 5.38. The molecule has 0 aliphatic heterocycles. The van der Waals surface area contributed by atoms with Crippen molar-refractivity contribution < 1.29 is 9.59 Å². The first kappa shape index (κ1) is 17.3. The van der Waals surface area contributed by atoms with Crippen LogP contribution in [0.25, 0.3) is 10.6 Å². The minimum atomic E-state index is -0.269. The van der Waals surface area contributed by atoms with E-state index in [-0.39, 0.29) is 11.8 Å². The van der Waals surface area contributed by atoms with Crippen LogP contribution in [0.4, 0.5) is 11.4 Å². The summed E-state index contributed by atoms with van der Waals surface area (Å²) in [5, 5.41) is 12.2. The van der Waals surface area contributed by atoms with Gasteiger partial charge in [-0.3, -0.25) is 9.59 Å². The number of carbonyl (C=O) groups excluding carboxylic acids is 2. The topological polar surface area (TPSA) is 71.1 Å². The van der Waals surface area contributed by atoms with E-state index in [0.29, 0.717) is 23.5 Å². The Balaban J connectivity index is 1.68. The van der Waals surface area contributed by atoms with Crippen LogP contribution < -0.4 is 10.6 Å². The third-order valence-electron chi connectivity index (χ3n) is 3.39. The molecule has 0 spiro atoms. The zero-order valence-corrected chi connectivity index (χ0v) is 15.2. The molecule has 2 heterocycles. The summed E-state index contributed by atoms with van der Waals surface area (Å²) in [5.41, 5.74) is 2.68. The number of thiophene rings is 1. The van der Waals surface area contributed by atoms with E-state index in [0.717, 1.165) is 17.0 Å². The van der Waals surface area contributed by atoms with E-state index in [4.69, 9.17) is 0 Å². The van der Waals surface area contributed by atoms with Crippen molar-refractivity contribution >= 4 is 45.9 Å². The van der Waals surface area contributed by atoms with Gasteiger partial charge in [-0.1, -0.05) is 13.0 Å². The number of nitrogens with one attached hydrogen (secondary N) is 2. The monoisotopic (exact) mass is 371 g/mol. The Labute approximate surface area is 153 Å². The van der Waals surface area contributed by atoms with Gasteiger partial charge in [-0.2, -0.15) is 11.3 Å². The van der Waals surface area contributed by atoms with E-state index in [9.17, 15) is 9.59 Å². The van der Waals surface area contributed by atoms with Gasteiger partial charge in [0.2, 0.25) is 5.91 Å². The molecular weight excluding hydrogens is 354 g/mol. The highest BCUT2D eigenvalue weighted by Crippen LogP contribution is 2.26. The molecule has 25 heavy (non-hydrogen) atoms. The fraction of sp³-hybridized carbons (Fsp3) is 0.167. The van der Waals surface area contributed by atoms with Crippen molar-refractivity contribution in [2.75, 3.05) is 10.6 Å². The number of aromatic nitrogens is 1. The molecule has 3 rings (SSSR count). The Bertz CT molecular complexity index is 872. The van der Waals surface area contributed by atoms with Gasteiger partial charge in [0, 0.05) is 34.1 Å². The molecule has 2 aromatic heterocycles. The second kappa shape index (κ2) is 8.04. The molecule has 0 unspecified atom stereocenters. The zero-order chi connectivity index (χ0) is 17.6. The summed E-state index contributed by atoms with van der Waals surface area (Å²) in [4.78, 5) is 28.4. The third-order valence-corrected chi connectivity index (χ3v) is 4.96. The molecule has 0 fully saturated rings. The van der Waals surface area contributed by atoms with Gasteiger partial charge in [0.05, 0.1) is 0 Å². The van der Waals surface area contributed by atoms with Crippen LogP contribution in [-0.4, -0.2) is 16.8 Å². The molecule has 0 radical (unpaired) electrons. The molecule has 2 N–H and O–H groups in total. The van der Waals surface area contributed by atoms with Crippen molar-refractivity contribution in [1.82, 2.24) is 4.98 Å². The first-order valence-electron chi connectivity index (χ1n) is 7.85. The molecule has 0 saturated heterocycles. The van der Waals surface area contributed by atoms with Gasteiger partial charge in [0.15, 0.2) is 0 Å². The summed E-state index contributed by atoms with van der Waals surface area (Å²) in [6.07, 6.45) is 1.26. The zero-order valence-electron chi connectivity index (χ0n) is 13.6. The number of nitrogens with zero attached hydrogens (tertiary/aromatic N) is 1. The molecule has 2 amide bonds. The summed E-state index contributed by atoms with van der Waals surface area (Å²) in [7, 11) is 0. The van der Waals surface area contributed by atoms with E-state index in [1.165, 1.54) is 11.3 Å². The first-order valence-corrected chi connectivity index (χ1v) is 9.67. The summed E-state index contributed by atoms with van der Waals surface area (Å²) >= 11 is 3.04. The van der Waals surface area contributed by atoms with Crippen molar-refractivity contribution in [3.05, 3.63) is 52.2 Å². The van der Waals surface area contributed by atoms with Crippen molar-refractivity contribution in [3.63, 3.8) is 0 Å². The van der Waals surface area contributed by atoms with Gasteiger partial charge in [-0.15, -0.1) is 11.3 Å². The predicted octanol–water partition coefficient (Wildman–Crippen LogP) is 4.86. The van der Waals surface area contributed by atoms with Gasteiger partial charge in [0.1, 0.15) is 10.7 Å². The van der Waals surface area contributed by atoms with Gasteiger partial charge in [-0.25, -0.2) is 4.98 Å². The van der Waals surface area contributed by atoms with Crippen LogP contribution >= 0.6 is 22.7 Å². The Morgan fingerprint density at radius 3 is 2.64 bits per heavy atom. The molecule has 3 aromatic rings. The van der Waals surface area contributed by atoms with Crippen molar-refractivity contribution in [2.24, 2.45) is 0 Å². The number of anilines is 2. The Kier molecular flexibility index (Phi) is 5.57. The third kappa shape index (κ3) is 4.52. The lowest BCUT2D eigenvalue weighted by atomic mass is 10.2. The van der Waals surface area contributed by atoms with Crippen LogP contribution in [0, 0.1) is 0 Å². The number of benzene rings is 1. The fourth-order valence-corrected chi connectivity index (χ4v) is 3.73. The number of hydrogen-bond acceptors (Lipinski definition) is 5. The maximum Gasteiger partial charge on any atom is 0.275 e. The second-order valence-corrected chi connectivity index (χ2v) is 7.02. The number of rotatable bonds is 6. The molecule has 5 nitrogen and oxygen atoms in total. The van der Waals surface area contributed by atoms with Gasteiger partial charge >= 0.3 is 0 Å². The molecular formula is C18H17N3O2S2. The van der Waals surface area contributed by atoms with E-state index < -0.39 is 0 Å². The van der Waals surface area contributed by atoms with Crippen LogP contribution in [-0.2, 0) is 4.79 Å². The Morgan fingerprint density at radius 1 is 1.12 bits per heavy atom. The maximum atomic E-state index is 12.4. The molecule has 0 bridgehead atoms. The fourth-order valence-electron chi connectivity index (χ4n) is 2.22. The van der Waals surface area contributed by atoms with Crippen LogP contribution in [0.5, 0.6) is 0 Å². The normalized spacial score (nSPS) is 10.4. The van der Waals surface area contributed by atoms with E-state index in [1.807, 2.05) is 23.8 Å². The number of thiazole rings is 1. The van der Waals surface area contributed by atoms with Crippen LogP contribution in [0.3, 0.4) is 0 Å². The van der Waals surface area contributed by atoms with Crippen LogP contribution in [0.15, 0.2) is 46.5 Å². The smallest absolute Gasteiger partial charge is 0.275 e. The minimum Gasteiger partial charge on any atom is -0.326 e. The van der Waals surface area contributed by atoms with Gasteiger partial charge in [0.25, 0.3) is 5.91 Å². The lowest BCUT2D eigenvalue weighted by Gasteiger charge is -2.07. The SMILES string of the molecule is CCCC(=O)Nc1cccc(NC(=O)c2csc(-c3ccsc3)n2)c1. The largest absolute Gasteiger partial charge is 0.326 e. The Morgan fingerprint density at radius 2 is 1.92 bits per heavy atom. The average molecular weight is 371 g/mol.